The molecule has 1 amide bonds. The van der Waals surface area contributed by atoms with Gasteiger partial charge >= 0.3 is 11.9 Å². The highest BCUT2D eigenvalue weighted by Crippen LogP contribution is 2.47. The first kappa shape index (κ1) is 17.2. The fourth-order valence-electron chi connectivity index (χ4n) is 3.10. The highest BCUT2D eigenvalue weighted by atomic mass is 16.8. The van der Waals surface area contributed by atoms with Crippen LogP contribution in [0.1, 0.15) is 26.2 Å². The molecule has 9 heteroatoms. The lowest BCUT2D eigenvalue weighted by Crippen LogP contribution is -2.55. The van der Waals surface area contributed by atoms with Crippen molar-refractivity contribution in [1.29, 1.82) is 0 Å². The summed E-state index contributed by atoms with van der Waals surface area (Å²) < 4.78 is 20.5. The number of hydrogen-bond donors (Lipinski definition) is 1. The van der Waals surface area contributed by atoms with E-state index < -0.39 is 35.9 Å². The fraction of sp³-hybridized carbons (Fsp3) is 0.714. The Kier molecular flexibility index (Phi) is 5.19. The SMILES string of the molecule is COC(=O)CC[C@H]1[C@@H](OC(C)=O)O[C@]2(OC=O)CNC(=O)C[C@H]12. The minimum Gasteiger partial charge on any atom is -0.469 e. The summed E-state index contributed by atoms with van der Waals surface area (Å²) in [5, 5.41) is 2.57. The molecular formula is C14H19NO8. The lowest BCUT2D eigenvalue weighted by Gasteiger charge is -2.36. The first-order valence-corrected chi connectivity index (χ1v) is 7.22. The molecule has 0 aromatic rings. The maximum Gasteiger partial charge on any atom is 0.305 e. The molecule has 2 fully saturated rings. The number of carbonyl (C=O) groups is 4. The van der Waals surface area contributed by atoms with Gasteiger partial charge in [0, 0.05) is 31.6 Å². The van der Waals surface area contributed by atoms with E-state index in [9.17, 15) is 19.2 Å². The molecule has 128 valence electrons. The Bertz CT molecular complexity index is 507. The van der Waals surface area contributed by atoms with Gasteiger partial charge in [-0.1, -0.05) is 0 Å². The van der Waals surface area contributed by atoms with Gasteiger partial charge in [-0.05, 0) is 6.42 Å². The van der Waals surface area contributed by atoms with Gasteiger partial charge in [-0.2, -0.15) is 0 Å². The lowest BCUT2D eigenvalue weighted by atomic mass is 9.80. The van der Waals surface area contributed by atoms with Crippen molar-refractivity contribution < 1.29 is 38.1 Å². The highest BCUT2D eigenvalue weighted by Gasteiger charge is 2.60. The van der Waals surface area contributed by atoms with Gasteiger partial charge in [-0.3, -0.25) is 23.9 Å². The Morgan fingerprint density at radius 1 is 1.48 bits per heavy atom. The van der Waals surface area contributed by atoms with Crippen LogP contribution in [-0.4, -0.2) is 50.0 Å². The molecule has 0 unspecified atom stereocenters. The van der Waals surface area contributed by atoms with E-state index in [-0.39, 0.29) is 38.2 Å². The van der Waals surface area contributed by atoms with Crippen LogP contribution in [0.15, 0.2) is 0 Å². The van der Waals surface area contributed by atoms with E-state index in [0.29, 0.717) is 0 Å². The summed E-state index contributed by atoms with van der Waals surface area (Å²) in [6, 6.07) is 0. The Balaban J connectivity index is 2.24. The van der Waals surface area contributed by atoms with Gasteiger partial charge in [-0.15, -0.1) is 0 Å². The smallest absolute Gasteiger partial charge is 0.305 e. The molecule has 2 saturated heterocycles. The second-order valence-electron chi connectivity index (χ2n) is 5.49. The van der Waals surface area contributed by atoms with Crippen molar-refractivity contribution in [3.63, 3.8) is 0 Å². The van der Waals surface area contributed by atoms with Crippen LogP contribution in [0.25, 0.3) is 0 Å². The zero-order chi connectivity index (χ0) is 17.0. The number of fused-ring (bicyclic) bond motifs is 1. The van der Waals surface area contributed by atoms with Crippen molar-refractivity contribution in [3.8, 4) is 0 Å². The van der Waals surface area contributed by atoms with E-state index in [1.54, 1.807) is 0 Å². The van der Waals surface area contributed by atoms with Crippen LogP contribution < -0.4 is 5.32 Å². The van der Waals surface area contributed by atoms with E-state index in [2.05, 4.69) is 10.1 Å². The summed E-state index contributed by atoms with van der Waals surface area (Å²) in [5.41, 5.74) is 0. The van der Waals surface area contributed by atoms with Crippen molar-refractivity contribution in [2.24, 2.45) is 11.8 Å². The Labute approximate surface area is 132 Å². The van der Waals surface area contributed by atoms with Crippen LogP contribution in [-0.2, 0) is 38.1 Å². The summed E-state index contributed by atoms with van der Waals surface area (Å²) >= 11 is 0. The molecule has 0 spiro atoms. The molecule has 2 heterocycles. The van der Waals surface area contributed by atoms with Crippen molar-refractivity contribution in [2.45, 2.75) is 38.3 Å². The van der Waals surface area contributed by atoms with Gasteiger partial charge < -0.3 is 19.5 Å². The quantitative estimate of drug-likeness (QED) is 0.393. The molecule has 2 aliphatic rings. The van der Waals surface area contributed by atoms with Gasteiger partial charge in [0.05, 0.1) is 13.7 Å². The van der Waals surface area contributed by atoms with Crippen LogP contribution in [0, 0.1) is 11.8 Å². The molecule has 0 bridgehead atoms. The largest absolute Gasteiger partial charge is 0.469 e. The minimum absolute atomic E-state index is 0.0391. The second kappa shape index (κ2) is 6.95. The highest BCUT2D eigenvalue weighted by molar-refractivity contribution is 5.77. The number of piperidine rings is 1. The van der Waals surface area contributed by atoms with E-state index >= 15 is 0 Å². The summed E-state index contributed by atoms with van der Waals surface area (Å²) in [6.07, 6.45) is -0.628. The van der Waals surface area contributed by atoms with Crippen LogP contribution in [0.4, 0.5) is 0 Å². The molecule has 2 rings (SSSR count). The summed E-state index contributed by atoms with van der Waals surface area (Å²) in [5.74, 6) is -3.61. The second-order valence-corrected chi connectivity index (χ2v) is 5.49. The monoisotopic (exact) mass is 329 g/mol. The van der Waals surface area contributed by atoms with Gasteiger partial charge in [0.1, 0.15) is 0 Å². The number of hydrogen-bond acceptors (Lipinski definition) is 8. The molecule has 9 nitrogen and oxygen atoms in total. The number of nitrogens with one attached hydrogen (secondary N) is 1. The standard InChI is InChI=1S/C14H19NO8/c1-8(17)22-13-9(3-4-12(19)20-2)10-5-11(18)15-6-14(10,23-13)21-7-16/h7,9-10,13H,3-6H2,1-2H3,(H,15,18)/t9-,10-,13+,14-/m1/s1. The number of amides is 1. The van der Waals surface area contributed by atoms with Gasteiger partial charge in [0.25, 0.3) is 6.47 Å². The summed E-state index contributed by atoms with van der Waals surface area (Å²) in [7, 11) is 1.27. The maximum absolute atomic E-state index is 11.7. The Morgan fingerprint density at radius 3 is 2.83 bits per heavy atom. The van der Waals surface area contributed by atoms with Gasteiger partial charge in [-0.25, -0.2) is 0 Å². The van der Waals surface area contributed by atoms with E-state index in [1.807, 2.05) is 0 Å². The average molecular weight is 329 g/mol. The minimum atomic E-state index is -1.39. The first-order valence-electron chi connectivity index (χ1n) is 7.22. The van der Waals surface area contributed by atoms with E-state index in [4.69, 9.17) is 14.2 Å². The number of carbonyl (C=O) groups excluding carboxylic acids is 4. The van der Waals surface area contributed by atoms with Crippen molar-refractivity contribution in [2.75, 3.05) is 13.7 Å². The Morgan fingerprint density at radius 2 is 2.22 bits per heavy atom. The predicted molar refractivity (Wildman–Crippen MR) is 72.4 cm³/mol. The molecule has 0 saturated carbocycles. The zero-order valence-electron chi connectivity index (χ0n) is 12.9. The van der Waals surface area contributed by atoms with Crippen LogP contribution in [0.2, 0.25) is 0 Å². The van der Waals surface area contributed by atoms with Crippen LogP contribution in [0.3, 0.4) is 0 Å². The maximum atomic E-state index is 11.7. The topological polar surface area (TPSA) is 117 Å². The molecule has 0 aromatic heterocycles. The fourth-order valence-corrected chi connectivity index (χ4v) is 3.10. The third-order valence-corrected chi connectivity index (χ3v) is 4.12. The average Bonchev–Trinajstić information content (AvgIpc) is 2.77. The van der Waals surface area contributed by atoms with Crippen molar-refractivity contribution >= 4 is 24.3 Å². The summed E-state index contributed by atoms with van der Waals surface area (Å²) in [4.78, 5) is 45.2. The number of methoxy groups -OCH3 is 1. The number of esters is 2. The molecule has 4 atom stereocenters. The number of ether oxygens (including phenoxy) is 4. The molecule has 0 aliphatic carbocycles. The molecule has 0 aromatic carbocycles. The van der Waals surface area contributed by atoms with Crippen LogP contribution >= 0.6 is 0 Å². The first-order chi connectivity index (χ1) is 10.9. The van der Waals surface area contributed by atoms with E-state index in [1.165, 1.54) is 14.0 Å². The normalized spacial score (nSPS) is 32.4. The van der Waals surface area contributed by atoms with Gasteiger partial charge in [0.2, 0.25) is 18.0 Å². The third kappa shape index (κ3) is 3.61. The lowest BCUT2D eigenvalue weighted by molar-refractivity contribution is -0.262. The predicted octanol–water partition coefficient (Wildman–Crippen LogP) is -0.519. The van der Waals surface area contributed by atoms with Crippen LogP contribution in [0.5, 0.6) is 0 Å². The third-order valence-electron chi connectivity index (χ3n) is 4.12. The molecule has 0 radical (unpaired) electrons. The van der Waals surface area contributed by atoms with Crippen molar-refractivity contribution in [3.05, 3.63) is 0 Å². The molecule has 2 aliphatic heterocycles. The number of rotatable bonds is 6. The van der Waals surface area contributed by atoms with E-state index in [0.717, 1.165) is 0 Å². The molecule has 23 heavy (non-hydrogen) atoms. The zero-order valence-corrected chi connectivity index (χ0v) is 12.9. The van der Waals surface area contributed by atoms with Crippen molar-refractivity contribution in [1.82, 2.24) is 5.32 Å². The van der Waals surface area contributed by atoms with Gasteiger partial charge in [0.15, 0.2) is 0 Å². The summed E-state index contributed by atoms with van der Waals surface area (Å²) in [6.45, 7) is 1.42. The Hall–Kier alpha value is -2.16. The molecular weight excluding hydrogens is 310 g/mol. The molecule has 1 N–H and O–H groups in total.